The third kappa shape index (κ3) is 0.918. The van der Waals surface area contributed by atoms with Crippen molar-refractivity contribution >= 4 is 0 Å². The molecule has 0 aromatic carbocycles. The quantitative estimate of drug-likeness (QED) is 0.557. The van der Waals surface area contributed by atoms with Gasteiger partial charge in [0.05, 0.1) is 6.61 Å². The molecule has 2 bridgehead atoms. The smallest absolute Gasteiger partial charge is 0.0526 e. The van der Waals surface area contributed by atoms with Crippen LogP contribution in [0.2, 0.25) is 0 Å². The predicted octanol–water partition coefficient (Wildman–Crippen LogP) is 2.71. The number of hydrogen-bond donors (Lipinski definition) is 0. The second-order valence-corrected chi connectivity index (χ2v) is 5.69. The van der Waals surface area contributed by atoms with Crippen LogP contribution in [0.5, 0.6) is 0 Å². The van der Waals surface area contributed by atoms with Crippen molar-refractivity contribution in [3.63, 3.8) is 0 Å². The average Bonchev–Trinajstić information content (AvgIpc) is 2.76. The lowest BCUT2D eigenvalue weighted by Crippen LogP contribution is -2.35. The molecular formula is C12H20O. The Kier molecular flexibility index (Phi) is 1.59. The number of rotatable bonds is 0. The Morgan fingerprint density at radius 1 is 1.23 bits per heavy atom. The van der Waals surface area contributed by atoms with Gasteiger partial charge in [-0.15, -0.1) is 0 Å². The second kappa shape index (κ2) is 2.50. The number of hydrogen-bond acceptors (Lipinski definition) is 1. The summed E-state index contributed by atoms with van der Waals surface area (Å²) in [6.45, 7) is 7.03. The third-order valence-corrected chi connectivity index (χ3v) is 5.35. The SMILES string of the molecule is CC1C2CC(C1C)C1(CCOC1)C2. The second-order valence-electron chi connectivity index (χ2n) is 5.69. The van der Waals surface area contributed by atoms with E-state index in [1.54, 1.807) is 0 Å². The van der Waals surface area contributed by atoms with Gasteiger partial charge < -0.3 is 4.74 Å². The minimum atomic E-state index is 0.636. The molecule has 1 spiro atoms. The molecule has 2 aliphatic carbocycles. The highest BCUT2D eigenvalue weighted by Crippen LogP contribution is 2.63. The summed E-state index contributed by atoms with van der Waals surface area (Å²) in [5.74, 6) is 3.97. The summed E-state index contributed by atoms with van der Waals surface area (Å²) in [5, 5.41) is 0. The first-order valence-corrected chi connectivity index (χ1v) is 5.81. The molecule has 74 valence electrons. The summed E-state index contributed by atoms with van der Waals surface area (Å²) in [7, 11) is 0. The summed E-state index contributed by atoms with van der Waals surface area (Å²) >= 11 is 0. The first kappa shape index (κ1) is 8.28. The molecule has 3 rings (SSSR count). The Bertz CT molecular complexity index is 215. The normalized spacial score (nSPS) is 59.5. The van der Waals surface area contributed by atoms with Crippen molar-refractivity contribution in [1.29, 1.82) is 0 Å². The first-order valence-electron chi connectivity index (χ1n) is 5.81. The van der Waals surface area contributed by atoms with Gasteiger partial charge in [-0.3, -0.25) is 0 Å². The third-order valence-electron chi connectivity index (χ3n) is 5.35. The molecule has 1 heterocycles. The lowest BCUT2D eigenvalue weighted by Gasteiger charge is -2.39. The van der Waals surface area contributed by atoms with Crippen LogP contribution in [0, 0.1) is 29.1 Å². The van der Waals surface area contributed by atoms with E-state index in [2.05, 4.69) is 13.8 Å². The Labute approximate surface area is 80.8 Å². The maximum Gasteiger partial charge on any atom is 0.0526 e. The molecule has 3 fully saturated rings. The van der Waals surface area contributed by atoms with E-state index in [1.165, 1.54) is 19.3 Å². The molecule has 0 aromatic rings. The Morgan fingerprint density at radius 2 is 2.08 bits per heavy atom. The minimum Gasteiger partial charge on any atom is -0.381 e. The number of ether oxygens (including phenoxy) is 1. The van der Waals surface area contributed by atoms with Crippen LogP contribution in [0.25, 0.3) is 0 Å². The van der Waals surface area contributed by atoms with Crippen molar-refractivity contribution in [1.82, 2.24) is 0 Å². The predicted molar refractivity (Wildman–Crippen MR) is 52.4 cm³/mol. The van der Waals surface area contributed by atoms with E-state index >= 15 is 0 Å². The van der Waals surface area contributed by atoms with Crippen LogP contribution in [0.15, 0.2) is 0 Å². The fourth-order valence-electron chi connectivity index (χ4n) is 4.38. The summed E-state index contributed by atoms with van der Waals surface area (Å²) in [6, 6.07) is 0. The average molecular weight is 180 g/mol. The van der Waals surface area contributed by atoms with Crippen molar-refractivity contribution < 1.29 is 4.74 Å². The molecule has 1 saturated heterocycles. The number of fused-ring (bicyclic) bond motifs is 3. The van der Waals surface area contributed by atoms with Crippen LogP contribution in [0.3, 0.4) is 0 Å². The molecule has 2 saturated carbocycles. The molecule has 0 radical (unpaired) electrons. The largest absolute Gasteiger partial charge is 0.381 e. The van der Waals surface area contributed by atoms with Gasteiger partial charge >= 0.3 is 0 Å². The summed E-state index contributed by atoms with van der Waals surface area (Å²) in [6.07, 6.45) is 4.33. The van der Waals surface area contributed by atoms with Gasteiger partial charge in [-0.25, -0.2) is 0 Å². The van der Waals surface area contributed by atoms with Crippen LogP contribution in [0.1, 0.15) is 33.1 Å². The van der Waals surface area contributed by atoms with Gasteiger partial charge in [0.1, 0.15) is 0 Å². The fraction of sp³-hybridized carbons (Fsp3) is 1.00. The fourth-order valence-corrected chi connectivity index (χ4v) is 4.38. The highest BCUT2D eigenvalue weighted by Gasteiger charge is 2.58. The van der Waals surface area contributed by atoms with Crippen LogP contribution in [-0.2, 0) is 4.74 Å². The maximum absolute atomic E-state index is 5.62. The standard InChI is InChI=1S/C12H20O/c1-8-9(2)11-5-10(8)6-12(11)3-4-13-7-12/h8-11H,3-7H2,1-2H3. The van der Waals surface area contributed by atoms with Gasteiger partial charge in [-0.05, 0) is 48.3 Å². The van der Waals surface area contributed by atoms with E-state index in [-0.39, 0.29) is 0 Å². The highest BCUT2D eigenvalue weighted by molar-refractivity contribution is 5.06. The molecule has 0 N–H and O–H groups in total. The zero-order valence-corrected chi connectivity index (χ0v) is 8.75. The molecule has 5 atom stereocenters. The van der Waals surface area contributed by atoms with E-state index in [4.69, 9.17) is 4.74 Å². The van der Waals surface area contributed by atoms with Crippen LogP contribution in [0.4, 0.5) is 0 Å². The minimum absolute atomic E-state index is 0.636. The lowest BCUT2D eigenvalue weighted by atomic mass is 9.65. The van der Waals surface area contributed by atoms with Crippen LogP contribution < -0.4 is 0 Å². The molecule has 1 nitrogen and oxygen atoms in total. The van der Waals surface area contributed by atoms with Gasteiger partial charge in [0.25, 0.3) is 0 Å². The zero-order chi connectivity index (χ0) is 9.05. The van der Waals surface area contributed by atoms with E-state index in [9.17, 15) is 0 Å². The van der Waals surface area contributed by atoms with Crippen molar-refractivity contribution in [2.45, 2.75) is 33.1 Å². The van der Waals surface area contributed by atoms with Crippen molar-refractivity contribution in [3.8, 4) is 0 Å². The first-order chi connectivity index (χ1) is 6.23. The Morgan fingerprint density at radius 3 is 2.62 bits per heavy atom. The van der Waals surface area contributed by atoms with Crippen molar-refractivity contribution in [2.75, 3.05) is 13.2 Å². The van der Waals surface area contributed by atoms with Gasteiger partial charge in [0, 0.05) is 6.61 Å². The molecule has 0 amide bonds. The zero-order valence-electron chi connectivity index (χ0n) is 8.75. The monoisotopic (exact) mass is 180 g/mol. The van der Waals surface area contributed by atoms with Gasteiger partial charge in [0.2, 0.25) is 0 Å². The van der Waals surface area contributed by atoms with E-state index in [1.807, 2.05) is 0 Å². The molecule has 0 aromatic heterocycles. The summed E-state index contributed by atoms with van der Waals surface area (Å²) < 4.78 is 5.62. The summed E-state index contributed by atoms with van der Waals surface area (Å²) in [4.78, 5) is 0. The Hall–Kier alpha value is -0.0400. The van der Waals surface area contributed by atoms with E-state index < -0.39 is 0 Å². The molecule has 1 heteroatoms. The molecule has 3 aliphatic rings. The lowest BCUT2D eigenvalue weighted by molar-refractivity contribution is 0.0617. The summed E-state index contributed by atoms with van der Waals surface area (Å²) in [5.41, 5.74) is 0.636. The molecule has 13 heavy (non-hydrogen) atoms. The Balaban J connectivity index is 1.89. The van der Waals surface area contributed by atoms with E-state index in [0.29, 0.717) is 5.41 Å². The topological polar surface area (TPSA) is 9.23 Å². The van der Waals surface area contributed by atoms with Crippen molar-refractivity contribution in [3.05, 3.63) is 0 Å². The molecular weight excluding hydrogens is 160 g/mol. The highest BCUT2D eigenvalue weighted by atomic mass is 16.5. The van der Waals surface area contributed by atoms with Crippen LogP contribution in [-0.4, -0.2) is 13.2 Å². The van der Waals surface area contributed by atoms with Crippen LogP contribution >= 0.6 is 0 Å². The van der Waals surface area contributed by atoms with Gasteiger partial charge in [-0.2, -0.15) is 0 Å². The molecule has 1 aliphatic heterocycles. The van der Waals surface area contributed by atoms with Gasteiger partial charge in [-0.1, -0.05) is 13.8 Å². The van der Waals surface area contributed by atoms with E-state index in [0.717, 1.165) is 36.9 Å². The molecule has 5 unspecified atom stereocenters. The van der Waals surface area contributed by atoms with Gasteiger partial charge in [0.15, 0.2) is 0 Å². The maximum atomic E-state index is 5.62. The van der Waals surface area contributed by atoms with Crippen molar-refractivity contribution in [2.24, 2.45) is 29.1 Å².